The van der Waals surface area contributed by atoms with Crippen molar-refractivity contribution >= 4 is 34.9 Å². The van der Waals surface area contributed by atoms with Gasteiger partial charge in [0.25, 0.3) is 0 Å². The third-order valence-electron chi connectivity index (χ3n) is 3.73. The van der Waals surface area contributed by atoms with E-state index in [1.807, 2.05) is 30.3 Å². The van der Waals surface area contributed by atoms with Gasteiger partial charge in [-0.2, -0.15) is 0 Å². The molecule has 0 saturated carbocycles. The predicted molar refractivity (Wildman–Crippen MR) is 106 cm³/mol. The molecule has 8 heteroatoms. The molecular formula is C19H18Cl2N4O2. The fourth-order valence-electron chi connectivity index (χ4n) is 2.40. The normalized spacial score (nSPS) is 10.6. The van der Waals surface area contributed by atoms with E-state index in [1.165, 1.54) is 6.20 Å². The summed E-state index contributed by atoms with van der Waals surface area (Å²) < 4.78 is 5.69. The maximum absolute atomic E-state index is 11.9. The van der Waals surface area contributed by atoms with Crippen LogP contribution < -0.4 is 10.6 Å². The van der Waals surface area contributed by atoms with Crippen LogP contribution in [-0.4, -0.2) is 29.0 Å². The highest BCUT2D eigenvalue weighted by Gasteiger charge is 2.09. The lowest BCUT2D eigenvalue weighted by Gasteiger charge is -2.08. The molecule has 0 saturated heterocycles. The first kappa shape index (κ1) is 19.2. The molecule has 0 fully saturated rings. The average molecular weight is 405 g/mol. The van der Waals surface area contributed by atoms with Crippen molar-refractivity contribution in [3.63, 3.8) is 0 Å². The number of aryl methyl sites for hydroxylation is 1. The number of aromatic nitrogens is 2. The summed E-state index contributed by atoms with van der Waals surface area (Å²) in [4.78, 5) is 20.3. The van der Waals surface area contributed by atoms with Gasteiger partial charge >= 0.3 is 0 Å². The molecule has 3 rings (SSSR count). The lowest BCUT2D eigenvalue weighted by molar-refractivity contribution is -0.121. The summed E-state index contributed by atoms with van der Waals surface area (Å²) >= 11 is 11.8. The molecule has 140 valence electrons. The van der Waals surface area contributed by atoms with Crippen molar-refractivity contribution in [2.45, 2.75) is 12.8 Å². The third-order valence-corrected chi connectivity index (χ3v) is 4.22. The van der Waals surface area contributed by atoms with Crippen molar-refractivity contribution in [2.24, 2.45) is 0 Å². The number of carbonyl (C=O) groups excluding carboxylic acids is 1. The zero-order chi connectivity index (χ0) is 19.1. The molecule has 1 amide bonds. The number of oxazole rings is 1. The molecule has 2 heterocycles. The van der Waals surface area contributed by atoms with Gasteiger partial charge in [0.1, 0.15) is 5.82 Å². The Morgan fingerprint density at radius 3 is 2.67 bits per heavy atom. The molecule has 2 aromatic heterocycles. The zero-order valence-electron chi connectivity index (χ0n) is 14.4. The van der Waals surface area contributed by atoms with Gasteiger partial charge in [0.2, 0.25) is 5.91 Å². The Labute approximate surface area is 166 Å². The van der Waals surface area contributed by atoms with Crippen molar-refractivity contribution < 1.29 is 9.21 Å². The summed E-state index contributed by atoms with van der Waals surface area (Å²) in [5.74, 6) is 1.69. The summed E-state index contributed by atoms with van der Waals surface area (Å²) in [6, 6.07) is 11.3. The Bertz CT molecular complexity index is 900. The Kier molecular flexibility index (Phi) is 6.68. The second-order valence-corrected chi connectivity index (χ2v) is 6.59. The predicted octanol–water partition coefficient (Wildman–Crippen LogP) is 4.20. The van der Waals surface area contributed by atoms with Crippen molar-refractivity contribution in [2.75, 3.05) is 18.4 Å². The summed E-state index contributed by atoms with van der Waals surface area (Å²) in [7, 11) is 0. The van der Waals surface area contributed by atoms with Crippen LogP contribution in [0.3, 0.4) is 0 Å². The van der Waals surface area contributed by atoms with Crippen molar-refractivity contribution in [1.82, 2.24) is 15.3 Å². The molecule has 0 radical (unpaired) electrons. The molecule has 0 spiro atoms. The first-order valence-corrected chi connectivity index (χ1v) is 9.19. The maximum Gasteiger partial charge on any atom is 0.220 e. The molecule has 0 aliphatic heterocycles. The molecule has 0 unspecified atom stereocenters. The van der Waals surface area contributed by atoms with Gasteiger partial charge in [0.15, 0.2) is 11.7 Å². The van der Waals surface area contributed by atoms with Gasteiger partial charge in [-0.15, -0.1) is 0 Å². The van der Waals surface area contributed by atoms with Crippen LogP contribution in [-0.2, 0) is 11.2 Å². The van der Waals surface area contributed by atoms with E-state index >= 15 is 0 Å². The number of nitrogens with zero attached hydrogens (tertiary/aromatic N) is 2. The fraction of sp³-hybridized carbons (Fsp3) is 0.211. The van der Waals surface area contributed by atoms with Gasteiger partial charge in [-0.05, 0) is 6.07 Å². The summed E-state index contributed by atoms with van der Waals surface area (Å²) in [5, 5.41) is 6.78. The van der Waals surface area contributed by atoms with Crippen LogP contribution in [0.1, 0.15) is 12.3 Å². The van der Waals surface area contributed by atoms with Crippen LogP contribution in [0.25, 0.3) is 11.3 Å². The van der Waals surface area contributed by atoms with Gasteiger partial charge in [-0.3, -0.25) is 4.79 Å². The molecule has 0 aliphatic rings. The largest absolute Gasteiger partial charge is 0.441 e. The zero-order valence-corrected chi connectivity index (χ0v) is 15.9. The SMILES string of the molecule is O=C(CCc1ncc(-c2ccccc2)o1)NCCNc1ncc(Cl)cc1Cl. The Hall–Kier alpha value is -2.57. The van der Waals surface area contributed by atoms with E-state index in [0.29, 0.717) is 53.4 Å². The van der Waals surface area contributed by atoms with E-state index in [2.05, 4.69) is 20.6 Å². The van der Waals surface area contributed by atoms with E-state index < -0.39 is 0 Å². The van der Waals surface area contributed by atoms with Crippen LogP contribution in [0.15, 0.2) is 53.2 Å². The molecule has 27 heavy (non-hydrogen) atoms. The number of amides is 1. The number of hydrogen-bond donors (Lipinski definition) is 2. The number of halogens is 2. The number of pyridine rings is 1. The highest BCUT2D eigenvalue weighted by Crippen LogP contribution is 2.22. The van der Waals surface area contributed by atoms with Gasteiger partial charge < -0.3 is 15.1 Å². The van der Waals surface area contributed by atoms with E-state index in [0.717, 1.165) is 5.56 Å². The molecule has 1 aromatic carbocycles. The van der Waals surface area contributed by atoms with E-state index in [9.17, 15) is 4.79 Å². The monoisotopic (exact) mass is 404 g/mol. The topological polar surface area (TPSA) is 80.0 Å². The van der Waals surface area contributed by atoms with Crippen molar-refractivity contribution in [3.8, 4) is 11.3 Å². The summed E-state index contributed by atoms with van der Waals surface area (Å²) in [5.41, 5.74) is 0.959. The van der Waals surface area contributed by atoms with Crippen LogP contribution in [0.5, 0.6) is 0 Å². The minimum absolute atomic E-state index is 0.0774. The average Bonchev–Trinajstić information content (AvgIpc) is 3.15. The Morgan fingerprint density at radius 2 is 1.89 bits per heavy atom. The van der Waals surface area contributed by atoms with Gasteiger partial charge in [0.05, 0.1) is 16.2 Å². The first-order chi connectivity index (χ1) is 13.1. The minimum Gasteiger partial charge on any atom is -0.441 e. The molecular weight excluding hydrogens is 387 g/mol. The first-order valence-electron chi connectivity index (χ1n) is 8.43. The number of nitrogens with one attached hydrogen (secondary N) is 2. The van der Waals surface area contributed by atoms with E-state index in [4.69, 9.17) is 27.6 Å². The van der Waals surface area contributed by atoms with Crippen LogP contribution in [0.4, 0.5) is 5.82 Å². The summed E-state index contributed by atoms with van der Waals surface area (Å²) in [6.45, 7) is 0.942. The third kappa shape index (κ3) is 5.70. The standard InChI is InChI=1S/C19H18Cl2N4O2/c20-14-10-15(21)19(25-11-14)23-9-8-22-17(26)6-7-18-24-12-16(27-18)13-4-2-1-3-5-13/h1-5,10-12H,6-9H2,(H,22,26)(H,23,25). The van der Waals surface area contributed by atoms with Crippen LogP contribution >= 0.6 is 23.2 Å². The van der Waals surface area contributed by atoms with Gasteiger partial charge in [0, 0.05) is 37.7 Å². The quantitative estimate of drug-likeness (QED) is 0.549. The lowest BCUT2D eigenvalue weighted by atomic mass is 10.2. The van der Waals surface area contributed by atoms with Gasteiger partial charge in [-0.25, -0.2) is 9.97 Å². The Balaban J connectivity index is 1.38. The smallest absolute Gasteiger partial charge is 0.220 e. The van der Waals surface area contributed by atoms with E-state index in [-0.39, 0.29) is 5.91 Å². The van der Waals surface area contributed by atoms with Gasteiger partial charge in [-0.1, -0.05) is 53.5 Å². The highest BCUT2D eigenvalue weighted by molar-refractivity contribution is 6.35. The molecule has 0 aliphatic carbocycles. The van der Waals surface area contributed by atoms with E-state index in [1.54, 1.807) is 12.3 Å². The molecule has 0 bridgehead atoms. The minimum atomic E-state index is -0.0774. The number of rotatable bonds is 8. The van der Waals surface area contributed by atoms with Crippen LogP contribution in [0, 0.1) is 0 Å². The number of benzene rings is 1. The summed E-state index contributed by atoms with van der Waals surface area (Å²) in [6.07, 6.45) is 3.93. The second kappa shape index (κ2) is 9.39. The Morgan fingerprint density at radius 1 is 1.07 bits per heavy atom. The lowest BCUT2D eigenvalue weighted by Crippen LogP contribution is -2.29. The van der Waals surface area contributed by atoms with Crippen molar-refractivity contribution in [3.05, 3.63) is 64.7 Å². The highest BCUT2D eigenvalue weighted by atomic mass is 35.5. The number of anilines is 1. The molecule has 6 nitrogen and oxygen atoms in total. The molecule has 0 atom stereocenters. The maximum atomic E-state index is 11.9. The molecule has 2 N–H and O–H groups in total. The van der Waals surface area contributed by atoms with Crippen molar-refractivity contribution in [1.29, 1.82) is 0 Å². The second-order valence-electron chi connectivity index (χ2n) is 5.74. The molecule has 3 aromatic rings. The number of hydrogen-bond acceptors (Lipinski definition) is 5. The van der Waals surface area contributed by atoms with Crippen LogP contribution in [0.2, 0.25) is 10.0 Å². The number of carbonyl (C=O) groups is 1. The fourth-order valence-corrected chi connectivity index (χ4v) is 2.84.